The number of carbonyl (C=O) groups is 2. The van der Waals surface area contributed by atoms with Crippen molar-refractivity contribution < 1.29 is 93.9 Å². The minimum absolute atomic E-state index is 0. The van der Waals surface area contributed by atoms with Crippen molar-refractivity contribution in [3.63, 3.8) is 0 Å². The van der Waals surface area contributed by atoms with Crippen LogP contribution in [0, 0.1) is 0 Å². The number of carboxylic acids is 2. The molecule has 0 aromatic heterocycles. The van der Waals surface area contributed by atoms with E-state index in [4.69, 9.17) is 0 Å². The van der Waals surface area contributed by atoms with E-state index in [9.17, 15) is 50.4 Å². The first-order valence-corrected chi connectivity index (χ1v) is 15.1. The normalized spacial score (nSPS) is 8.27. The fraction of sp³-hybridized carbons (Fsp3) is 0.750. The standard InChI is InChI=1S/C8H6O4.6C4H9O.2Ti/c9-7(10)5-2-1-3-6(4-5)8(11)12;6*1-2-3-4-5;;/h1-4H,(H,9,10)(H,11,12);6*2-4H2,1H3;;/q;6*-1;2*+4/p-2. The molecular formula is C32H58O10Ti2. The molecule has 0 fully saturated rings. The maximum atomic E-state index is 10.3. The Hall–Kier alpha value is -0.651. The second kappa shape index (κ2) is 65.1. The molecular weight excluding hydrogens is 640 g/mol. The molecule has 10 nitrogen and oxygen atoms in total. The summed E-state index contributed by atoms with van der Waals surface area (Å²) in [5.74, 6) is -2.81. The number of rotatable bonds is 14. The van der Waals surface area contributed by atoms with Crippen LogP contribution in [0.5, 0.6) is 0 Å². The molecule has 44 heavy (non-hydrogen) atoms. The van der Waals surface area contributed by atoms with Crippen molar-refractivity contribution in [2.24, 2.45) is 0 Å². The van der Waals surface area contributed by atoms with Crippen molar-refractivity contribution >= 4 is 11.9 Å². The predicted octanol–water partition coefficient (Wildman–Crippen LogP) is -0.711. The van der Waals surface area contributed by atoms with Crippen LogP contribution in [-0.4, -0.2) is 51.6 Å². The second-order valence-corrected chi connectivity index (χ2v) is 8.50. The fourth-order valence-electron chi connectivity index (χ4n) is 1.64. The van der Waals surface area contributed by atoms with Crippen molar-refractivity contribution in [3.05, 3.63) is 35.4 Å². The van der Waals surface area contributed by atoms with Crippen LogP contribution in [0.4, 0.5) is 0 Å². The Morgan fingerprint density at radius 1 is 0.455 bits per heavy atom. The summed E-state index contributed by atoms with van der Waals surface area (Å²) in [4.78, 5) is 20.5. The zero-order chi connectivity index (χ0) is 33.9. The van der Waals surface area contributed by atoms with Crippen LogP contribution >= 0.6 is 0 Å². The van der Waals surface area contributed by atoms with Crippen molar-refractivity contribution in [1.29, 1.82) is 0 Å². The van der Waals surface area contributed by atoms with E-state index in [1.54, 1.807) is 0 Å². The summed E-state index contributed by atoms with van der Waals surface area (Å²) < 4.78 is 0. The van der Waals surface area contributed by atoms with Crippen LogP contribution in [0.1, 0.15) is 139 Å². The first-order valence-electron chi connectivity index (χ1n) is 15.1. The minimum Gasteiger partial charge on any atom is -0.854 e. The zero-order valence-electron chi connectivity index (χ0n) is 28.1. The fourth-order valence-corrected chi connectivity index (χ4v) is 1.64. The Kier molecular flexibility index (Phi) is 92.1. The van der Waals surface area contributed by atoms with E-state index in [-0.39, 0.29) is 94.2 Å². The van der Waals surface area contributed by atoms with Gasteiger partial charge in [0.2, 0.25) is 0 Å². The zero-order valence-corrected chi connectivity index (χ0v) is 31.2. The van der Waals surface area contributed by atoms with Gasteiger partial charge in [0.05, 0.1) is 11.9 Å². The summed E-state index contributed by atoms with van der Waals surface area (Å²) in [6.07, 6.45) is 11.2. The van der Waals surface area contributed by atoms with Crippen LogP contribution in [0.25, 0.3) is 0 Å². The molecule has 0 atom stereocenters. The molecule has 0 radical (unpaired) electrons. The Morgan fingerprint density at radius 2 is 0.636 bits per heavy atom. The summed E-state index contributed by atoms with van der Waals surface area (Å²) >= 11 is 0. The maximum Gasteiger partial charge on any atom is 4.00 e. The van der Waals surface area contributed by atoms with Crippen LogP contribution in [0.15, 0.2) is 24.3 Å². The molecule has 0 amide bonds. The first kappa shape index (κ1) is 62.2. The van der Waals surface area contributed by atoms with Gasteiger partial charge in [-0.1, -0.05) is 137 Å². The number of hydrogen-bond donors (Lipinski definition) is 0. The average Bonchev–Trinajstić information content (AvgIpc) is 2.98. The summed E-state index contributed by atoms with van der Waals surface area (Å²) in [6, 6.07) is 4.81. The number of carbonyl (C=O) groups excluding carboxylic acids is 2. The van der Waals surface area contributed by atoms with Gasteiger partial charge in [0.1, 0.15) is 0 Å². The third kappa shape index (κ3) is 78.2. The topological polar surface area (TPSA) is 219 Å². The molecule has 12 heteroatoms. The molecule has 0 bridgehead atoms. The Balaban J connectivity index is -0.0000000594. The smallest absolute Gasteiger partial charge is 0.854 e. The van der Waals surface area contributed by atoms with Gasteiger partial charge < -0.3 is 50.4 Å². The number of benzene rings is 1. The molecule has 0 spiro atoms. The van der Waals surface area contributed by atoms with Crippen molar-refractivity contribution in [3.8, 4) is 0 Å². The van der Waals surface area contributed by atoms with E-state index in [0.29, 0.717) is 0 Å². The molecule has 1 aromatic carbocycles. The molecule has 0 aliphatic carbocycles. The van der Waals surface area contributed by atoms with Gasteiger partial charge in [-0.3, -0.25) is 0 Å². The SMILES string of the molecule is CCCC[O-].CCCC[O-].CCCC[O-].CCCC[O-].CCCC[O-].CCCC[O-].O=C([O-])c1cccc(C(=O)[O-])c1.[Ti+4].[Ti+4]. The Morgan fingerprint density at radius 3 is 0.727 bits per heavy atom. The molecule has 0 saturated carbocycles. The van der Waals surface area contributed by atoms with Crippen molar-refractivity contribution in [2.45, 2.75) is 119 Å². The molecule has 0 saturated heterocycles. The van der Waals surface area contributed by atoms with Gasteiger partial charge in [0.25, 0.3) is 0 Å². The summed E-state index contributed by atoms with van der Waals surface area (Å²) in [6.45, 7) is 12.6. The summed E-state index contributed by atoms with van der Waals surface area (Å²) in [5, 5.41) is 77.7. The van der Waals surface area contributed by atoms with Gasteiger partial charge >= 0.3 is 43.4 Å². The second-order valence-electron chi connectivity index (χ2n) is 8.50. The monoisotopic (exact) mass is 698 g/mol. The largest absolute Gasteiger partial charge is 4.00 e. The summed E-state index contributed by atoms with van der Waals surface area (Å²) in [5.41, 5.74) is -0.339. The first-order chi connectivity index (χ1) is 20.1. The van der Waals surface area contributed by atoms with Crippen molar-refractivity contribution in [1.82, 2.24) is 0 Å². The minimum atomic E-state index is -1.40. The Labute approximate surface area is 298 Å². The molecule has 0 aliphatic heterocycles. The third-order valence-electron chi connectivity index (χ3n) is 4.32. The molecule has 0 N–H and O–H groups in total. The number of unbranched alkanes of at least 4 members (excludes halogenated alkanes) is 6. The van der Waals surface area contributed by atoms with E-state index in [1.165, 1.54) is 18.2 Å². The number of carboxylic acid groups (broad SMARTS) is 2. The molecule has 0 heterocycles. The molecule has 0 aliphatic rings. The van der Waals surface area contributed by atoms with E-state index in [2.05, 4.69) is 0 Å². The average molecular weight is 699 g/mol. The van der Waals surface area contributed by atoms with E-state index in [0.717, 1.165) is 83.1 Å². The van der Waals surface area contributed by atoms with Gasteiger partial charge in [-0.15, -0.1) is 39.6 Å². The molecule has 254 valence electrons. The van der Waals surface area contributed by atoms with Gasteiger partial charge in [-0.2, -0.15) is 0 Å². The number of aromatic carboxylic acids is 2. The van der Waals surface area contributed by atoms with Crippen LogP contribution in [0.3, 0.4) is 0 Å². The number of hydrogen-bond acceptors (Lipinski definition) is 10. The Bertz CT molecular complexity index is 522. The molecule has 0 unspecified atom stereocenters. The maximum absolute atomic E-state index is 10.3. The van der Waals surface area contributed by atoms with Crippen molar-refractivity contribution in [2.75, 3.05) is 39.6 Å². The predicted molar refractivity (Wildman–Crippen MR) is 154 cm³/mol. The van der Waals surface area contributed by atoms with Crippen LogP contribution < -0.4 is 40.9 Å². The van der Waals surface area contributed by atoms with Gasteiger partial charge in [-0.25, -0.2) is 0 Å². The van der Waals surface area contributed by atoms with E-state index in [1.807, 2.05) is 41.5 Å². The van der Waals surface area contributed by atoms with E-state index >= 15 is 0 Å². The quantitative estimate of drug-likeness (QED) is 0.222. The van der Waals surface area contributed by atoms with Crippen LogP contribution in [0.2, 0.25) is 0 Å². The van der Waals surface area contributed by atoms with Gasteiger partial charge in [0, 0.05) is 0 Å². The molecule has 1 aromatic rings. The summed E-state index contributed by atoms with van der Waals surface area (Å²) in [7, 11) is 0. The molecule has 1 rings (SSSR count). The van der Waals surface area contributed by atoms with E-state index < -0.39 is 11.9 Å². The van der Waals surface area contributed by atoms with Gasteiger partial charge in [-0.05, 0) is 17.2 Å². The van der Waals surface area contributed by atoms with Crippen LogP contribution in [-0.2, 0) is 43.4 Å². The third-order valence-corrected chi connectivity index (χ3v) is 4.32. The van der Waals surface area contributed by atoms with Gasteiger partial charge in [0.15, 0.2) is 0 Å².